The molecule has 28 heavy (non-hydrogen) atoms. The summed E-state index contributed by atoms with van der Waals surface area (Å²) in [5, 5.41) is 9.83. The van der Waals surface area contributed by atoms with Crippen LogP contribution in [0.2, 0.25) is 0 Å². The van der Waals surface area contributed by atoms with E-state index in [9.17, 15) is 9.90 Å². The van der Waals surface area contributed by atoms with Crippen LogP contribution >= 0.6 is 0 Å². The van der Waals surface area contributed by atoms with Crippen molar-refractivity contribution in [3.63, 3.8) is 0 Å². The summed E-state index contributed by atoms with van der Waals surface area (Å²) in [6.45, 7) is 11.1. The van der Waals surface area contributed by atoms with E-state index in [0.29, 0.717) is 18.8 Å². The molecule has 0 aromatic heterocycles. The molecule has 0 radical (unpaired) electrons. The number of likely N-dealkylation sites (tertiary alicyclic amines) is 1. The number of nitrogens with zero attached hydrogens (tertiary/aromatic N) is 1. The molecule has 0 unspecified atom stereocenters. The highest BCUT2D eigenvalue weighted by Crippen LogP contribution is 2.53. The minimum atomic E-state index is -0.490. The van der Waals surface area contributed by atoms with E-state index >= 15 is 0 Å². The van der Waals surface area contributed by atoms with Crippen molar-refractivity contribution in [2.45, 2.75) is 70.9 Å². The zero-order valence-corrected chi connectivity index (χ0v) is 17.4. The molecule has 3 aliphatic rings. The Kier molecular flexibility index (Phi) is 4.53. The number of fused-ring (bicyclic) bond motifs is 4. The third kappa shape index (κ3) is 3.54. The largest absolute Gasteiger partial charge is 0.508 e. The lowest BCUT2D eigenvalue weighted by Gasteiger charge is -2.53. The van der Waals surface area contributed by atoms with Gasteiger partial charge in [0.25, 0.3) is 0 Å². The zero-order valence-electron chi connectivity index (χ0n) is 17.4. The maximum absolute atomic E-state index is 12.5. The number of hydrogen-bond donors (Lipinski definition) is 1. The van der Waals surface area contributed by atoms with Gasteiger partial charge in [-0.15, -0.1) is 0 Å². The van der Waals surface area contributed by atoms with Crippen molar-refractivity contribution >= 4 is 6.09 Å². The summed E-state index contributed by atoms with van der Waals surface area (Å²) in [7, 11) is 0. The lowest BCUT2D eigenvalue weighted by Crippen LogP contribution is -2.56. The van der Waals surface area contributed by atoms with E-state index in [0.717, 1.165) is 18.4 Å². The van der Waals surface area contributed by atoms with Crippen molar-refractivity contribution in [2.24, 2.45) is 11.8 Å². The summed E-state index contributed by atoms with van der Waals surface area (Å²) in [5.41, 5.74) is 0.108. The molecule has 4 rings (SSSR count). The Balaban J connectivity index is 1.54. The predicted molar refractivity (Wildman–Crippen MR) is 104 cm³/mol. The Bertz CT molecular complexity index is 769. The number of phenolic OH excluding ortho intramolecular Hbond substituents is 1. The van der Waals surface area contributed by atoms with Crippen molar-refractivity contribution in [1.29, 1.82) is 0 Å². The van der Waals surface area contributed by atoms with Crippen LogP contribution in [0.5, 0.6) is 11.5 Å². The van der Waals surface area contributed by atoms with Crippen LogP contribution in [-0.4, -0.2) is 46.5 Å². The number of ether oxygens (including phenoxy) is 3. The first-order valence-electron chi connectivity index (χ1n) is 10.2. The number of carbonyl (C=O) groups is 1. The molecule has 1 N–H and O–H groups in total. The van der Waals surface area contributed by atoms with Gasteiger partial charge in [0.15, 0.2) is 0 Å². The van der Waals surface area contributed by atoms with Crippen LogP contribution in [0.3, 0.4) is 0 Å². The van der Waals surface area contributed by atoms with E-state index in [1.165, 1.54) is 0 Å². The van der Waals surface area contributed by atoms with Crippen molar-refractivity contribution in [3.8, 4) is 11.5 Å². The standard InChI is InChI=1S/C22H31NO5/c1-21(2,3)28-20(25)23-9-8-17-13(12-23)10-16-19(26-17)15-7-6-14(24)11-18(15)27-22(16,4)5/h6-7,11,13,16-17,19,24H,8-10,12H2,1-5H3/t13-,16-,17-,19+/m0/s1. The van der Waals surface area contributed by atoms with Crippen LogP contribution in [0.1, 0.15) is 59.1 Å². The number of benzene rings is 1. The third-order valence-electron chi connectivity index (χ3n) is 6.13. The number of hydrogen-bond acceptors (Lipinski definition) is 5. The fraction of sp³-hybridized carbons (Fsp3) is 0.682. The van der Waals surface area contributed by atoms with Crippen molar-refractivity contribution in [3.05, 3.63) is 23.8 Å². The van der Waals surface area contributed by atoms with Gasteiger partial charge in [-0.1, -0.05) is 0 Å². The number of phenols is 1. The topological polar surface area (TPSA) is 68.2 Å². The second-order valence-electron chi connectivity index (χ2n) is 9.84. The molecule has 0 saturated carbocycles. The summed E-state index contributed by atoms with van der Waals surface area (Å²) in [4.78, 5) is 14.3. The molecule has 1 amide bonds. The summed E-state index contributed by atoms with van der Waals surface area (Å²) < 4.78 is 18.4. The Labute approximate surface area is 166 Å². The van der Waals surface area contributed by atoms with Gasteiger partial charge in [0, 0.05) is 36.6 Å². The maximum Gasteiger partial charge on any atom is 0.410 e. The number of carbonyl (C=O) groups excluding carboxylic acids is 1. The lowest BCUT2D eigenvalue weighted by molar-refractivity contribution is -0.185. The van der Waals surface area contributed by atoms with Gasteiger partial charge in [0.1, 0.15) is 22.7 Å². The van der Waals surface area contributed by atoms with Gasteiger partial charge in [-0.05, 0) is 59.6 Å². The highest BCUT2D eigenvalue weighted by molar-refractivity contribution is 5.68. The fourth-order valence-corrected chi connectivity index (χ4v) is 4.79. The average molecular weight is 389 g/mol. The first kappa shape index (κ1) is 19.4. The van der Waals surface area contributed by atoms with Crippen LogP contribution in [-0.2, 0) is 9.47 Å². The van der Waals surface area contributed by atoms with Gasteiger partial charge in [-0.2, -0.15) is 0 Å². The van der Waals surface area contributed by atoms with E-state index in [2.05, 4.69) is 13.8 Å². The molecule has 6 nitrogen and oxygen atoms in total. The van der Waals surface area contributed by atoms with Gasteiger partial charge in [-0.25, -0.2) is 4.79 Å². The molecule has 3 heterocycles. The van der Waals surface area contributed by atoms with E-state index in [1.807, 2.05) is 31.7 Å². The van der Waals surface area contributed by atoms with Crippen LogP contribution in [0.4, 0.5) is 4.79 Å². The molecule has 0 aliphatic carbocycles. The first-order valence-corrected chi connectivity index (χ1v) is 10.2. The maximum atomic E-state index is 12.5. The molecule has 2 saturated heterocycles. The number of piperidine rings is 1. The van der Waals surface area contributed by atoms with Gasteiger partial charge in [0.2, 0.25) is 0 Å². The quantitative estimate of drug-likeness (QED) is 0.718. The van der Waals surface area contributed by atoms with Crippen LogP contribution in [0.25, 0.3) is 0 Å². The summed E-state index contributed by atoms with van der Waals surface area (Å²) in [6.07, 6.45) is 1.57. The van der Waals surface area contributed by atoms with Crippen molar-refractivity contribution in [1.82, 2.24) is 4.90 Å². The number of aromatic hydroxyl groups is 1. The van der Waals surface area contributed by atoms with Gasteiger partial charge in [-0.3, -0.25) is 0 Å². The Morgan fingerprint density at radius 1 is 1.32 bits per heavy atom. The summed E-state index contributed by atoms with van der Waals surface area (Å²) in [6, 6.07) is 5.28. The van der Waals surface area contributed by atoms with Crippen molar-refractivity contribution in [2.75, 3.05) is 13.1 Å². The van der Waals surface area contributed by atoms with Crippen LogP contribution in [0, 0.1) is 11.8 Å². The molecule has 1 aromatic carbocycles. The van der Waals surface area contributed by atoms with Gasteiger partial charge in [0.05, 0.1) is 12.2 Å². The van der Waals surface area contributed by atoms with E-state index in [4.69, 9.17) is 14.2 Å². The predicted octanol–water partition coefficient (Wildman–Crippen LogP) is 4.27. The molecule has 6 heteroatoms. The molecule has 154 valence electrons. The van der Waals surface area contributed by atoms with Crippen LogP contribution < -0.4 is 4.74 Å². The second-order valence-corrected chi connectivity index (χ2v) is 9.84. The minimum Gasteiger partial charge on any atom is -0.508 e. The van der Waals surface area contributed by atoms with Crippen LogP contribution in [0.15, 0.2) is 18.2 Å². The van der Waals surface area contributed by atoms with Gasteiger partial charge < -0.3 is 24.2 Å². The molecular weight excluding hydrogens is 358 g/mol. The summed E-state index contributed by atoms with van der Waals surface area (Å²) >= 11 is 0. The SMILES string of the molecule is CC(C)(C)OC(=O)N1CC[C@@H]2O[C@@H]3c4ccc(O)cc4OC(C)(C)[C@H]3C[C@H]2C1. The smallest absolute Gasteiger partial charge is 0.410 e. The average Bonchev–Trinajstić information content (AvgIpc) is 2.58. The highest BCUT2D eigenvalue weighted by Gasteiger charge is 2.51. The number of rotatable bonds is 0. The molecule has 3 aliphatic heterocycles. The third-order valence-corrected chi connectivity index (χ3v) is 6.13. The van der Waals surface area contributed by atoms with Gasteiger partial charge >= 0.3 is 6.09 Å². The van der Waals surface area contributed by atoms with Crippen molar-refractivity contribution < 1.29 is 24.1 Å². The Morgan fingerprint density at radius 2 is 2.07 bits per heavy atom. The summed E-state index contributed by atoms with van der Waals surface area (Å²) in [5.74, 6) is 1.36. The molecular formula is C22H31NO5. The number of amides is 1. The first-order chi connectivity index (χ1) is 13.0. The Morgan fingerprint density at radius 3 is 2.79 bits per heavy atom. The Hall–Kier alpha value is -1.95. The van der Waals surface area contributed by atoms with E-state index in [-0.39, 0.29) is 35.9 Å². The van der Waals surface area contributed by atoms with E-state index < -0.39 is 11.2 Å². The fourth-order valence-electron chi connectivity index (χ4n) is 4.79. The molecule has 4 atom stereocenters. The normalized spacial score (nSPS) is 31.1. The zero-order chi connectivity index (χ0) is 20.3. The molecule has 2 fully saturated rings. The monoisotopic (exact) mass is 389 g/mol. The minimum absolute atomic E-state index is 0.0475. The lowest BCUT2D eigenvalue weighted by atomic mass is 9.70. The van der Waals surface area contributed by atoms with E-state index in [1.54, 1.807) is 12.1 Å². The second kappa shape index (κ2) is 6.55. The highest BCUT2D eigenvalue weighted by atomic mass is 16.6. The molecule has 0 spiro atoms. The molecule has 1 aromatic rings. The molecule has 0 bridgehead atoms.